The Morgan fingerprint density at radius 2 is 2.18 bits per heavy atom. The maximum absolute atomic E-state index is 13.5. The van der Waals surface area contributed by atoms with Crippen LogP contribution in [0.5, 0.6) is 0 Å². The third kappa shape index (κ3) is 3.82. The molecule has 0 amide bonds. The number of aromatic nitrogens is 4. The molecule has 1 N–H and O–H groups in total. The summed E-state index contributed by atoms with van der Waals surface area (Å²) in [5, 5.41) is 11.6. The second-order valence-electron chi connectivity index (χ2n) is 6.03. The first-order chi connectivity index (χ1) is 13.4. The molecule has 0 bridgehead atoms. The molecular weight excluding hydrogens is 481 g/mol. The van der Waals surface area contributed by atoms with E-state index in [0.717, 1.165) is 4.57 Å². The molecule has 3 aromatic rings. The van der Waals surface area contributed by atoms with Crippen LogP contribution in [0.2, 0.25) is 0 Å². The molecule has 1 atom stereocenters. The molecular formula is C14H10BrFN5O5S2-. The number of halogens is 2. The van der Waals surface area contributed by atoms with Gasteiger partial charge in [0.2, 0.25) is 5.82 Å². The van der Waals surface area contributed by atoms with Gasteiger partial charge in [0.25, 0.3) is 0 Å². The van der Waals surface area contributed by atoms with E-state index in [0.29, 0.717) is 29.3 Å². The Morgan fingerprint density at radius 1 is 1.39 bits per heavy atom. The average molecular weight is 491 g/mol. The van der Waals surface area contributed by atoms with Gasteiger partial charge in [-0.15, -0.1) is 0 Å². The van der Waals surface area contributed by atoms with Crippen LogP contribution in [-0.2, 0) is 11.3 Å². The molecule has 14 heteroatoms. The van der Waals surface area contributed by atoms with Crippen molar-refractivity contribution >= 4 is 39.0 Å². The summed E-state index contributed by atoms with van der Waals surface area (Å²) in [6.07, 6.45) is 1.40. The molecule has 1 aliphatic rings. The molecule has 0 spiro atoms. The number of nitrogens with zero attached hydrogens (tertiary/aromatic N) is 4. The molecule has 1 saturated carbocycles. The molecule has 2 heterocycles. The van der Waals surface area contributed by atoms with Gasteiger partial charge in [0, 0.05) is 22.6 Å². The number of hydrogen-bond donors (Lipinski definition) is 1. The highest BCUT2D eigenvalue weighted by Crippen LogP contribution is 2.41. The summed E-state index contributed by atoms with van der Waals surface area (Å²) in [5.41, 5.74) is -0.0791. The molecule has 0 aliphatic heterocycles. The van der Waals surface area contributed by atoms with Gasteiger partial charge in [-0.3, -0.25) is 8.73 Å². The fourth-order valence-electron chi connectivity index (χ4n) is 2.47. The third-order valence-corrected chi connectivity index (χ3v) is 6.52. The highest BCUT2D eigenvalue weighted by Gasteiger charge is 2.43. The van der Waals surface area contributed by atoms with E-state index in [2.05, 4.69) is 36.1 Å². The standard InChI is InChI=1S/C14H11BrFN5O5S2/c15-8-5-7(1-2-9(8)16)21-11(18-25-13(21)22)10-12(19-26-17-10)27-6-14(3-4-14)20-28(23)24/h1-2,5,20H,3-4,6H2,(H,23,24)/p-1. The van der Waals surface area contributed by atoms with Crippen molar-refractivity contribution in [3.05, 3.63) is 39.0 Å². The number of hydrogen-bond acceptors (Lipinski definition) is 9. The van der Waals surface area contributed by atoms with Gasteiger partial charge < -0.3 is 4.55 Å². The minimum absolute atomic E-state index is 0.0254. The van der Waals surface area contributed by atoms with Gasteiger partial charge in [-0.05, 0) is 57.3 Å². The number of nitrogens with one attached hydrogen (secondary N) is 1. The third-order valence-electron chi connectivity index (χ3n) is 4.07. The Labute approximate surface area is 171 Å². The summed E-state index contributed by atoms with van der Waals surface area (Å²) >= 11 is 1.90. The molecule has 0 saturated heterocycles. The lowest BCUT2D eigenvalue weighted by atomic mass is 10.3. The molecule has 10 nitrogen and oxygen atoms in total. The van der Waals surface area contributed by atoms with Gasteiger partial charge in [-0.25, -0.2) is 23.1 Å². The summed E-state index contributed by atoms with van der Waals surface area (Å²) in [4.78, 5) is 12.2. The van der Waals surface area contributed by atoms with Crippen LogP contribution in [0, 0.1) is 5.82 Å². The van der Waals surface area contributed by atoms with Crippen molar-refractivity contribution in [2.24, 2.45) is 0 Å². The molecule has 28 heavy (non-hydrogen) atoms. The maximum atomic E-state index is 13.5. The van der Waals surface area contributed by atoms with Gasteiger partial charge in [-0.2, -0.15) is 0 Å². The fraction of sp³-hybridized carbons (Fsp3) is 0.286. The first-order valence-corrected chi connectivity index (χ1v) is 10.6. The lowest BCUT2D eigenvalue weighted by molar-refractivity contribution is 0.299. The Morgan fingerprint density at radius 3 is 2.86 bits per heavy atom. The average Bonchev–Trinajstić information content (AvgIpc) is 3.07. The monoisotopic (exact) mass is 490 g/mol. The molecule has 1 unspecified atom stereocenters. The number of rotatable bonds is 7. The number of benzene rings is 1. The Balaban J connectivity index is 1.65. The van der Waals surface area contributed by atoms with Crippen LogP contribution in [0.4, 0.5) is 4.39 Å². The minimum Gasteiger partial charge on any atom is -0.760 e. The highest BCUT2D eigenvalue weighted by molar-refractivity contribution is 9.10. The number of thioether (sulfide) groups is 1. The molecule has 1 fully saturated rings. The van der Waals surface area contributed by atoms with E-state index in [4.69, 9.17) is 9.15 Å². The second-order valence-corrected chi connectivity index (χ2v) is 8.52. The van der Waals surface area contributed by atoms with Crippen LogP contribution in [0.3, 0.4) is 0 Å². The molecule has 148 valence electrons. The smallest absolute Gasteiger partial charge is 0.446 e. The van der Waals surface area contributed by atoms with E-state index in [1.54, 1.807) is 0 Å². The van der Waals surface area contributed by atoms with Crippen molar-refractivity contribution in [2.45, 2.75) is 23.4 Å². The van der Waals surface area contributed by atoms with E-state index in [9.17, 15) is 17.9 Å². The molecule has 0 radical (unpaired) electrons. The van der Waals surface area contributed by atoms with Gasteiger partial charge in [0.05, 0.1) is 10.2 Å². The summed E-state index contributed by atoms with van der Waals surface area (Å²) < 4.78 is 48.6. The Bertz CT molecular complexity index is 1110. The largest absolute Gasteiger partial charge is 0.760 e. The van der Waals surface area contributed by atoms with Crippen LogP contribution in [0.1, 0.15) is 12.8 Å². The van der Waals surface area contributed by atoms with E-state index in [1.165, 1.54) is 30.0 Å². The van der Waals surface area contributed by atoms with Crippen molar-refractivity contribution in [1.82, 2.24) is 24.8 Å². The zero-order valence-corrected chi connectivity index (χ0v) is 17.0. The van der Waals surface area contributed by atoms with Gasteiger partial charge in [0.15, 0.2) is 10.7 Å². The molecule has 1 aromatic carbocycles. The van der Waals surface area contributed by atoms with E-state index in [-0.39, 0.29) is 16.0 Å². The van der Waals surface area contributed by atoms with Crippen molar-refractivity contribution in [1.29, 1.82) is 0 Å². The lowest BCUT2D eigenvalue weighted by Crippen LogP contribution is -2.34. The summed E-state index contributed by atoms with van der Waals surface area (Å²) in [5.74, 6) is -0.869. The van der Waals surface area contributed by atoms with Crippen LogP contribution >= 0.6 is 27.7 Å². The topological polar surface area (TPSA) is 139 Å². The zero-order chi connectivity index (χ0) is 19.9. The first kappa shape index (κ1) is 19.4. The van der Waals surface area contributed by atoms with Crippen molar-refractivity contribution in [2.75, 3.05) is 5.75 Å². The zero-order valence-electron chi connectivity index (χ0n) is 13.8. The predicted octanol–water partition coefficient (Wildman–Crippen LogP) is 1.79. The first-order valence-electron chi connectivity index (χ1n) is 7.75. The molecule has 4 rings (SSSR count). The van der Waals surface area contributed by atoms with Crippen molar-refractivity contribution < 1.29 is 22.3 Å². The van der Waals surface area contributed by atoms with Crippen LogP contribution in [-0.4, -0.2) is 40.1 Å². The van der Waals surface area contributed by atoms with Gasteiger partial charge in [-0.1, -0.05) is 16.9 Å². The van der Waals surface area contributed by atoms with E-state index in [1.807, 2.05) is 0 Å². The Hall–Kier alpha value is -1.87. The summed E-state index contributed by atoms with van der Waals surface area (Å²) in [7, 11) is 0. The van der Waals surface area contributed by atoms with Crippen molar-refractivity contribution in [3.63, 3.8) is 0 Å². The predicted molar refractivity (Wildman–Crippen MR) is 97.8 cm³/mol. The fourth-order valence-corrected chi connectivity index (χ4v) is 4.69. The second kappa shape index (κ2) is 7.51. The normalized spacial score (nSPS) is 16.2. The van der Waals surface area contributed by atoms with E-state index >= 15 is 0 Å². The minimum atomic E-state index is -2.37. The SMILES string of the molecule is O=c1onc(-c2nonc2SCC2(NS(=O)[O-])CC2)n1-c1ccc(F)c(Br)c1. The van der Waals surface area contributed by atoms with E-state index < -0.39 is 28.4 Å². The van der Waals surface area contributed by atoms with Crippen LogP contribution < -0.4 is 10.5 Å². The van der Waals surface area contributed by atoms with Crippen molar-refractivity contribution in [3.8, 4) is 17.2 Å². The van der Waals surface area contributed by atoms with Gasteiger partial charge in [0.1, 0.15) is 5.82 Å². The summed E-state index contributed by atoms with van der Waals surface area (Å²) in [6.45, 7) is 0. The van der Waals surface area contributed by atoms with Crippen LogP contribution in [0.25, 0.3) is 17.2 Å². The highest BCUT2D eigenvalue weighted by atomic mass is 79.9. The maximum Gasteiger partial charge on any atom is 0.446 e. The molecule has 2 aromatic heterocycles. The summed E-state index contributed by atoms with van der Waals surface area (Å²) in [6, 6.07) is 3.96. The lowest BCUT2D eigenvalue weighted by Gasteiger charge is -2.17. The molecule has 1 aliphatic carbocycles. The Kier molecular flexibility index (Phi) is 5.22. The van der Waals surface area contributed by atoms with Crippen LogP contribution in [0.15, 0.2) is 41.6 Å². The van der Waals surface area contributed by atoms with Gasteiger partial charge >= 0.3 is 5.76 Å². The quantitative estimate of drug-likeness (QED) is 0.387.